The van der Waals surface area contributed by atoms with E-state index in [1.165, 1.54) is 6.33 Å². The molecule has 1 atom stereocenters. The first-order chi connectivity index (χ1) is 14.0. The van der Waals surface area contributed by atoms with E-state index in [9.17, 15) is 4.79 Å². The summed E-state index contributed by atoms with van der Waals surface area (Å²) < 4.78 is 7.46. The Morgan fingerprint density at radius 2 is 1.90 bits per heavy atom. The molecule has 3 aromatic rings. The normalized spacial score (nSPS) is 15.6. The van der Waals surface area contributed by atoms with Gasteiger partial charge >= 0.3 is 0 Å². The van der Waals surface area contributed by atoms with Gasteiger partial charge in [-0.3, -0.25) is 4.79 Å². The highest BCUT2D eigenvalue weighted by Crippen LogP contribution is 2.35. The highest BCUT2D eigenvalue weighted by atomic mass is 35.5. The first kappa shape index (κ1) is 19.3. The molecular weight excluding hydrogens is 413 g/mol. The molecule has 0 aliphatic carbocycles. The Hall–Kier alpha value is -3.03. The van der Waals surface area contributed by atoms with Crippen molar-refractivity contribution in [3.8, 4) is 5.75 Å². The molecule has 4 rings (SSSR count). The third-order valence-corrected chi connectivity index (χ3v) is 5.41. The van der Waals surface area contributed by atoms with Crippen molar-refractivity contribution in [2.75, 3.05) is 5.32 Å². The summed E-state index contributed by atoms with van der Waals surface area (Å²) >= 11 is 12.4. The highest BCUT2D eigenvalue weighted by molar-refractivity contribution is 6.35. The fraction of sp³-hybridized carbons (Fsp3) is 0.150. The number of nitrogens with one attached hydrogen (secondary N) is 1. The van der Waals surface area contributed by atoms with E-state index in [4.69, 9.17) is 33.7 Å². The first-order valence-electron chi connectivity index (χ1n) is 8.78. The third kappa shape index (κ3) is 3.66. The van der Waals surface area contributed by atoms with Crippen molar-refractivity contribution in [1.29, 1.82) is 0 Å². The quantitative estimate of drug-likeness (QED) is 0.640. The van der Waals surface area contributed by atoms with Crippen molar-refractivity contribution >= 4 is 35.1 Å². The number of aromatic nitrogens is 3. The maximum absolute atomic E-state index is 12.1. The van der Waals surface area contributed by atoms with Gasteiger partial charge in [0.1, 0.15) is 24.7 Å². The molecule has 1 aromatic heterocycles. The lowest BCUT2D eigenvalue weighted by atomic mass is 9.95. The van der Waals surface area contributed by atoms with Gasteiger partial charge < -0.3 is 15.8 Å². The fourth-order valence-electron chi connectivity index (χ4n) is 3.29. The van der Waals surface area contributed by atoms with Crippen molar-refractivity contribution < 1.29 is 9.53 Å². The van der Waals surface area contributed by atoms with E-state index < -0.39 is 11.9 Å². The molecule has 0 bridgehead atoms. The Labute approximate surface area is 177 Å². The van der Waals surface area contributed by atoms with Gasteiger partial charge in [-0.1, -0.05) is 41.4 Å². The first-order valence-corrected chi connectivity index (χ1v) is 9.54. The molecule has 148 valence electrons. The maximum atomic E-state index is 12.1. The number of ether oxygens (including phenoxy) is 1. The molecule has 1 amide bonds. The molecule has 2 aromatic carbocycles. The minimum Gasteiger partial charge on any atom is -0.489 e. The molecule has 0 fully saturated rings. The number of rotatable bonds is 5. The molecular formula is C20H17Cl2N5O2. The number of halogens is 2. The van der Waals surface area contributed by atoms with Crippen LogP contribution in [-0.2, 0) is 11.4 Å². The van der Waals surface area contributed by atoms with Gasteiger partial charge in [-0.15, -0.1) is 0 Å². The predicted molar refractivity (Wildman–Crippen MR) is 111 cm³/mol. The number of carbonyl (C=O) groups excluding carboxylic acids is 1. The van der Waals surface area contributed by atoms with Crippen molar-refractivity contribution in [2.45, 2.75) is 19.6 Å². The van der Waals surface area contributed by atoms with Gasteiger partial charge in [-0.25, -0.2) is 4.68 Å². The molecule has 7 nitrogen and oxygen atoms in total. The monoisotopic (exact) mass is 429 g/mol. The number of anilines is 1. The smallest absolute Gasteiger partial charge is 0.248 e. The summed E-state index contributed by atoms with van der Waals surface area (Å²) in [5.74, 6) is 0.667. The van der Waals surface area contributed by atoms with Crippen LogP contribution in [-0.4, -0.2) is 20.7 Å². The van der Waals surface area contributed by atoms with Crippen LogP contribution in [0.3, 0.4) is 0 Å². The van der Waals surface area contributed by atoms with E-state index in [0.29, 0.717) is 33.0 Å². The predicted octanol–water partition coefficient (Wildman–Crippen LogP) is 3.94. The summed E-state index contributed by atoms with van der Waals surface area (Å²) in [7, 11) is 0. The zero-order valence-electron chi connectivity index (χ0n) is 15.4. The van der Waals surface area contributed by atoms with E-state index >= 15 is 0 Å². The topological polar surface area (TPSA) is 95.1 Å². The number of benzene rings is 2. The Morgan fingerprint density at radius 1 is 1.21 bits per heavy atom. The highest BCUT2D eigenvalue weighted by Gasteiger charge is 2.32. The van der Waals surface area contributed by atoms with Gasteiger partial charge in [0.2, 0.25) is 11.9 Å². The zero-order chi connectivity index (χ0) is 20.5. The molecule has 29 heavy (non-hydrogen) atoms. The van der Waals surface area contributed by atoms with Crippen molar-refractivity contribution in [3.63, 3.8) is 0 Å². The van der Waals surface area contributed by atoms with Crippen LogP contribution in [0.1, 0.15) is 24.1 Å². The Morgan fingerprint density at radius 3 is 2.55 bits per heavy atom. The second-order valence-electron chi connectivity index (χ2n) is 6.52. The van der Waals surface area contributed by atoms with Crippen LogP contribution in [0.15, 0.2) is 60.1 Å². The van der Waals surface area contributed by atoms with E-state index in [1.807, 2.05) is 24.3 Å². The average molecular weight is 430 g/mol. The lowest BCUT2D eigenvalue weighted by molar-refractivity contribution is -0.115. The van der Waals surface area contributed by atoms with Crippen molar-refractivity contribution in [1.82, 2.24) is 14.8 Å². The third-order valence-electron chi connectivity index (χ3n) is 4.70. The van der Waals surface area contributed by atoms with E-state index in [-0.39, 0.29) is 6.61 Å². The molecule has 0 saturated heterocycles. The average Bonchev–Trinajstić information content (AvgIpc) is 3.15. The summed E-state index contributed by atoms with van der Waals surface area (Å²) in [6.07, 6.45) is 1.43. The molecule has 2 heterocycles. The minimum atomic E-state index is -0.519. The number of hydrogen-bond donors (Lipinski definition) is 2. The SMILES string of the molecule is CC1=C(C(N)=O)[C@H](c2ccc(OCc3c(Cl)cccc3Cl)cc2)n2ncnc2N1. The van der Waals surface area contributed by atoms with Crippen LogP contribution in [0.2, 0.25) is 10.0 Å². The molecule has 0 radical (unpaired) electrons. The van der Waals surface area contributed by atoms with Crippen LogP contribution in [0, 0.1) is 0 Å². The van der Waals surface area contributed by atoms with Gasteiger partial charge in [-0.2, -0.15) is 10.1 Å². The van der Waals surface area contributed by atoms with E-state index in [0.717, 1.165) is 11.1 Å². The standard InChI is InChI=1S/C20H17Cl2N5O2/c1-11-17(19(23)28)18(27-20(26-11)24-10-25-27)12-5-7-13(8-6-12)29-9-14-15(21)3-2-4-16(14)22/h2-8,10,18H,9H2,1H3,(H2,23,28)(H,24,25,26)/t18-/m0/s1. The number of fused-ring (bicyclic) bond motifs is 1. The molecule has 0 unspecified atom stereocenters. The number of nitrogens with two attached hydrogens (primary N) is 1. The number of primary amides is 1. The zero-order valence-corrected chi connectivity index (χ0v) is 16.9. The molecule has 0 spiro atoms. The lowest BCUT2D eigenvalue weighted by Crippen LogP contribution is -2.31. The molecule has 0 saturated carbocycles. The molecule has 9 heteroatoms. The summed E-state index contributed by atoms with van der Waals surface area (Å²) in [5.41, 5.74) is 8.26. The Bertz CT molecular complexity index is 1090. The van der Waals surface area contributed by atoms with Gasteiger partial charge in [-0.05, 0) is 36.8 Å². The molecule has 1 aliphatic heterocycles. The van der Waals surface area contributed by atoms with E-state index in [1.54, 1.807) is 29.8 Å². The number of allylic oxidation sites excluding steroid dienone is 1. The number of hydrogen-bond acceptors (Lipinski definition) is 5. The Kier molecular flexibility index (Phi) is 5.17. The van der Waals surface area contributed by atoms with Crippen LogP contribution in [0.25, 0.3) is 0 Å². The van der Waals surface area contributed by atoms with Gasteiger partial charge in [0, 0.05) is 21.3 Å². The van der Waals surface area contributed by atoms with E-state index in [2.05, 4.69) is 15.4 Å². The van der Waals surface area contributed by atoms with Gasteiger partial charge in [0.25, 0.3) is 0 Å². The Balaban J connectivity index is 1.60. The number of amides is 1. The van der Waals surface area contributed by atoms with Crippen LogP contribution in [0.5, 0.6) is 5.75 Å². The van der Waals surface area contributed by atoms with Gasteiger partial charge in [0.15, 0.2) is 0 Å². The molecule has 1 aliphatic rings. The largest absolute Gasteiger partial charge is 0.489 e. The number of nitrogens with zero attached hydrogens (tertiary/aromatic N) is 3. The van der Waals surface area contributed by atoms with Crippen LogP contribution < -0.4 is 15.8 Å². The second kappa shape index (κ2) is 7.77. The summed E-state index contributed by atoms with van der Waals surface area (Å²) in [5, 5.41) is 8.39. The van der Waals surface area contributed by atoms with Crippen LogP contribution in [0.4, 0.5) is 5.95 Å². The second-order valence-corrected chi connectivity index (χ2v) is 7.33. The van der Waals surface area contributed by atoms with Gasteiger partial charge in [0.05, 0.1) is 5.57 Å². The van der Waals surface area contributed by atoms with Crippen molar-refractivity contribution in [3.05, 3.63) is 81.2 Å². The summed E-state index contributed by atoms with van der Waals surface area (Å²) in [6.45, 7) is 2.03. The number of carbonyl (C=O) groups is 1. The summed E-state index contributed by atoms with van der Waals surface area (Å²) in [4.78, 5) is 16.3. The maximum Gasteiger partial charge on any atom is 0.248 e. The van der Waals surface area contributed by atoms with Crippen molar-refractivity contribution in [2.24, 2.45) is 5.73 Å². The minimum absolute atomic E-state index is 0.240. The summed E-state index contributed by atoms with van der Waals surface area (Å²) in [6, 6.07) is 12.2. The lowest BCUT2D eigenvalue weighted by Gasteiger charge is -2.27. The fourth-order valence-corrected chi connectivity index (χ4v) is 3.80. The van der Waals surface area contributed by atoms with Crippen LogP contribution >= 0.6 is 23.2 Å². The molecule has 3 N–H and O–H groups in total.